The Morgan fingerprint density at radius 3 is 1.80 bits per heavy atom. The minimum Gasteiger partial charge on any atom is -0.402 e. The average Bonchev–Trinajstić information content (AvgIpc) is 2.65. The lowest BCUT2D eigenvalue weighted by Crippen LogP contribution is -2.34. The van der Waals surface area contributed by atoms with Gasteiger partial charge in [-0.05, 0) is 18.2 Å². The number of hydrogen-bond acceptors (Lipinski definition) is 4. The van der Waals surface area contributed by atoms with Gasteiger partial charge in [-0.3, -0.25) is 9.05 Å². The maximum atomic E-state index is 13.1. The zero-order chi connectivity index (χ0) is 23.3. The molecule has 4 nitrogen and oxygen atoms in total. The van der Waals surface area contributed by atoms with E-state index in [0.717, 1.165) is 12.1 Å². The fraction of sp³-hybridized carbons (Fsp3) is 0.429. The molecule has 0 aromatic heterocycles. The van der Waals surface area contributed by atoms with Gasteiger partial charge in [0.15, 0.2) is 0 Å². The third-order valence-corrected chi connectivity index (χ3v) is 5.23. The second-order valence-electron chi connectivity index (χ2n) is 5.31. The van der Waals surface area contributed by atoms with Crippen LogP contribution in [0.1, 0.15) is 5.56 Å². The molecule has 0 radical (unpaired) electrons. The number of benzene rings is 1. The number of alkyl halides is 8. The third kappa shape index (κ3) is 7.72. The summed E-state index contributed by atoms with van der Waals surface area (Å²) < 4.78 is 126. The van der Waals surface area contributed by atoms with Crippen LogP contribution in [0.5, 0.6) is 0 Å². The van der Waals surface area contributed by atoms with Crippen molar-refractivity contribution in [2.24, 2.45) is 0 Å². The Morgan fingerprint density at radius 1 is 0.967 bits per heavy atom. The lowest BCUT2D eigenvalue weighted by molar-refractivity contribution is -0.161. The van der Waals surface area contributed by atoms with Crippen molar-refractivity contribution in [1.82, 2.24) is 0 Å². The molecule has 30 heavy (non-hydrogen) atoms. The molecule has 0 aliphatic carbocycles. The topological polar surface area (TPSA) is 44.8 Å². The van der Waals surface area contributed by atoms with Crippen LogP contribution in [0.4, 0.5) is 35.1 Å². The molecule has 0 fully saturated rings. The molecule has 0 atom stereocenters. The summed E-state index contributed by atoms with van der Waals surface area (Å²) in [6.07, 6.45) is -8.60. The Bertz CT molecular complexity index is 781. The SMILES string of the molecule is O=P(OCC(F)(F)C(F)F)(OCC(F)(F)C(F)F)O/C(=C\Cl)c1ccc(Cl)c(Cl)c1. The third-order valence-electron chi connectivity index (χ3n) is 2.98. The van der Waals surface area contributed by atoms with Crippen molar-refractivity contribution < 1.29 is 53.3 Å². The lowest BCUT2D eigenvalue weighted by Gasteiger charge is -2.24. The summed E-state index contributed by atoms with van der Waals surface area (Å²) in [4.78, 5) is 0. The van der Waals surface area contributed by atoms with E-state index in [1.165, 1.54) is 6.07 Å². The van der Waals surface area contributed by atoms with Gasteiger partial charge in [-0.25, -0.2) is 22.1 Å². The highest BCUT2D eigenvalue weighted by Gasteiger charge is 2.48. The van der Waals surface area contributed by atoms with Gasteiger partial charge >= 0.3 is 32.5 Å². The van der Waals surface area contributed by atoms with Gasteiger partial charge in [0.05, 0.1) is 10.0 Å². The van der Waals surface area contributed by atoms with Crippen molar-refractivity contribution in [3.05, 3.63) is 39.3 Å². The van der Waals surface area contributed by atoms with Crippen LogP contribution in [0.25, 0.3) is 5.76 Å². The van der Waals surface area contributed by atoms with Crippen molar-refractivity contribution >= 4 is 48.4 Å². The zero-order valence-electron chi connectivity index (χ0n) is 14.1. The van der Waals surface area contributed by atoms with Crippen LogP contribution in [0.3, 0.4) is 0 Å². The van der Waals surface area contributed by atoms with Gasteiger partial charge in [0, 0.05) is 11.1 Å². The lowest BCUT2D eigenvalue weighted by atomic mass is 10.2. The summed E-state index contributed by atoms with van der Waals surface area (Å²) in [5.41, 5.74) is 0.350. The number of phosphoric acid groups is 1. The minimum atomic E-state index is -5.61. The van der Waals surface area contributed by atoms with E-state index in [4.69, 9.17) is 34.8 Å². The predicted molar refractivity (Wildman–Crippen MR) is 92.8 cm³/mol. The van der Waals surface area contributed by atoms with E-state index in [0.29, 0.717) is 5.54 Å². The summed E-state index contributed by atoms with van der Waals surface area (Å²) in [6, 6.07) is 3.35. The summed E-state index contributed by atoms with van der Waals surface area (Å²) in [5, 5.41) is -0.0860. The number of phosphoric ester groups is 1. The molecule has 0 aliphatic heterocycles. The van der Waals surface area contributed by atoms with E-state index in [1.807, 2.05) is 0 Å². The smallest absolute Gasteiger partial charge is 0.402 e. The Kier molecular flexibility index (Phi) is 9.71. The normalized spacial score (nSPS) is 14.0. The number of halogens is 11. The summed E-state index contributed by atoms with van der Waals surface area (Å²) >= 11 is 16.9. The largest absolute Gasteiger partial charge is 0.530 e. The van der Waals surface area contributed by atoms with Crippen molar-refractivity contribution in [2.75, 3.05) is 13.2 Å². The van der Waals surface area contributed by atoms with Crippen LogP contribution in [-0.4, -0.2) is 37.9 Å². The molecule has 0 saturated carbocycles. The van der Waals surface area contributed by atoms with Crippen LogP contribution in [0.15, 0.2) is 23.7 Å². The molecule has 1 rings (SSSR count). The van der Waals surface area contributed by atoms with Gasteiger partial charge in [0.2, 0.25) is 0 Å². The van der Waals surface area contributed by atoms with Crippen molar-refractivity contribution in [2.45, 2.75) is 24.7 Å². The second-order valence-corrected chi connectivity index (χ2v) is 7.94. The fourth-order valence-electron chi connectivity index (χ4n) is 1.45. The maximum absolute atomic E-state index is 13.1. The second kappa shape index (κ2) is 10.7. The molecule has 0 saturated heterocycles. The van der Waals surface area contributed by atoms with Gasteiger partial charge in [-0.1, -0.05) is 34.8 Å². The van der Waals surface area contributed by atoms with Gasteiger partial charge in [-0.2, -0.15) is 17.6 Å². The quantitative estimate of drug-likeness (QED) is 0.169. The number of hydrogen-bond donors (Lipinski definition) is 0. The van der Waals surface area contributed by atoms with E-state index < -0.39 is 51.5 Å². The predicted octanol–water partition coefficient (Wildman–Crippen LogP) is 7.49. The first-order valence-electron chi connectivity index (χ1n) is 7.30. The summed E-state index contributed by atoms with van der Waals surface area (Å²) in [6.45, 7) is -4.64. The fourth-order valence-corrected chi connectivity index (χ4v) is 3.22. The molecular formula is C14H10Cl3F8O4P. The number of rotatable bonds is 11. The van der Waals surface area contributed by atoms with Gasteiger partial charge < -0.3 is 4.52 Å². The Morgan fingerprint density at radius 2 is 1.43 bits per heavy atom. The van der Waals surface area contributed by atoms with E-state index in [1.54, 1.807) is 0 Å². The molecule has 172 valence electrons. The van der Waals surface area contributed by atoms with Crippen LogP contribution < -0.4 is 0 Å². The van der Waals surface area contributed by atoms with Gasteiger partial charge in [0.25, 0.3) is 0 Å². The molecule has 0 bridgehead atoms. The molecule has 1 aromatic carbocycles. The first kappa shape index (κ1) is 27.3. The summed E-state index contributed by atoms with van der Waals surface area (Å²) in [5.74, 6) is -10.5. The van der Waals surface area contributed by atoms with Crippen molar-refractivity contribution in [3.8, 4) is 0 Å². The van der Waals surface area contributed by atoms with Gasteiger partial charge in [0.1, 0.15) is 19.0 Å². The molecule has 1 aromatic rings. The highest BCUT2D eigenvalue weighted by Crippen LogP contribution is 2.55. The first-order chi connectivity index (χ1) is 13.6. The van der Waals surface area contributed by atoms with E-state index in [9.17, 15) is 39.7 Å². The van der Waals surface area contributed by atoms with Crippen LogP contribution in [-0.2, 0) is 18.1 Å². The highest BCUT2D eigenvalue weighted by atomic mass is 35.5. The standard InChI is InChI=1S/C14H10Cl3F8O4P/c15-4-10(7-1-2-8(16)9(17)3-7)29-30(26,27-5-13(22,23)11(18)19)28-6-14(24,25)12(20)21/h1-4,11-12H,5-6H2/b10-4-. The van der Waals surface area contributed by atoms with E-state index in [2.05, 4.69) is 13.6 Å². The Hall–Kier alpha value is -0.780. The Balaban J connectivity index is 3.17. The van der Waals surface area contributed by atoms with Crippen LogP contribution in [0, 0.1) is 0 Å². The molecule has 0 amide bonds. The molecular weight excluding hydrogens is 521 g/mol. The monoisotopic (exact) mass is 530 g/mol. The minimum absolute atomic E-state index is 0.0261. The average molecular weight is 532 g/mol. The van der Waals surface area contributed by atoms with E-state index in [-0.39, 0.29) is 15.6 Å². The van der Waals surface area contributed by atoms with Crippen molar-refractivity contribution in [1.29, 1.82) is 0 Å². The Labute approximate surface area is 179 Å². The first-order valence-corrected chi connectivity index (χ1v) is 9.95. The molecule has 16 heteroatoms. The molecule has 0 aliphatic rings. The van der Waals surface area contributed by atoms with Crippen LogP contribution >= 0.6 is 42.6 Å². The molecule has 0 unspecified atom stereocenters. The zero-order valence-corrected chi connectivity index (χ0v) is 17.3. The van der Waals surface area contributed by atoms with Crippen molar-refractivity contribution in [3.63, 3.8) is 0 Å². The molecule has 0 N–H and O–H groups in total. The highest BCUT2D eigenvalue weighted by molar-refractivity contribution is 7.48. The molecule has 0 heterocycles. The van der Waals surface area contributed by atoms with Gasteiger partial charge in [-0.15, -0.1) is 0 Å². The van der Waals surface area contributed by atoms with E-state index >= 15 is 0 Å². The summed E-state index contributed by atoms with van der Waals surface area (Å²) in [7, 11) is -5.61. The van der Waals surface area contributed by atoms with Crippen LogP contribution in [0.2, 0.25) is 10.0 Å². The maximum Gasteiger partial charge on any atom is 0.530 e. The molecule has 0 spiro atoms.